The van der Waals surface area contributed by atoms with Crippen LogP contribution in [-0.4, -0.2) is 40.6 Å². The van der Waals surface area contributed by atoms with Crippen LogP contribution in [0.2, 0.25) is 0 Å². The molecular weight excluding hydrogens is 370 g/mol. The van der Waals surface area contributed by atoms with E-state index in [1.165, 1.54) is 6.07 Å². The van der Waals surface area contributed by atoms with Gasteiger partial charge in [0.05, 0.1) is 24.1 Å². The van der Waals surface area contributed by atoms with Crippen LogP contribution in [0.5, 0.6) is 17.2 Å². The molecule has 4 N–H and O–H groups in total. The number of phenolic OH excluding ortho intramolecular Hbond substituents is 2. The number of aromatic amines is 2. The summed E-state index contributed by atoms with van der Waals surface area (Å²) in [5, 5.41) is 25.9. The zero-order valence-corrected chi connectivity index (χ0v) is 17.2. The van der Waals surface area contributed by atoms with Crippen molar-refractivity contribution < 1.29 is 14.9 Å². The first-order chi connectivity index (χ1) is 13.9. The second-order valence-electron chi connectivity index (χ2n) is 6.74. The molecule has 154 valence electrons. The molecule has 0 spiro atoms. The fourth-order valence-electron chi connectivity index (χ4n) is 3.60. The fraction of sp³-hybridized carbons (Fsp3) is 0.318. The molecule has 7 heteroatoms. The highest BCUT2D eigenvalue weighted by molar-refractivity contribution is 5.85. The van der Waals surface area contributed by atoms with Crippen molar-refractivity contribution in [1.29, 1.82) is 0 Å². The summed E-state index contributed by atoms with van der Waals surface area (Å²) in [6.07, 6.45) is 0.595. The van der Waals surface area contributed by atoms with Crippen molar-refractivity contribution in [2.75, 3.05) is 25.1 Å². The van der Waals surface area contributed by atoms with E-state index in [0.29, 0.717) is 34.4 Å². The number of rotatable bonds is 7. The van der Waals surface area contributed by atoms with Crippen LogP contribution in [0.4, 0.5) is 5.69 Å². The van der Waals surface area contributed by atoms with E-state index < -0.39 is 0 Å². The molecule has 1 heterocycles. The minimum atomic E-state index is -0.291. The Hall–Kier alpha value is -3.35. The zero-order chi connectivity index (χ0) is 21.1. The number of hydrogen-bond acceptors (Lipinski definition) is 5. The Bertz CT molecular complexity index is 1060. The van der Waals surface area contributed by atoms with Gasteiger partial charge in [-0.25, -0.2) is 0 Å². The third-order valence-electron chi connectivity index (χ3n) is 5.20. The molecule has 7 nitrogen and oxygen atoms in total. The largest absolute Gasteiger partial charge is 0.508 e. The van der Waals surface area contributed by atoms with Crippen molar-refractivity contribution in [3.05, 3.63) is 46.2 Å². The Morgan fingerprint density at radius 2 is 1.72 bits per heavy atom. The van der Waals surface area contributed by atoms with E-state index in [-0.39, 0.29) is 17.1 Å². The number of hydrogen-bond donors (Lipinski definition) is 4. The summed E-state index contributed by atoms with van der Waals surface area (Å²) >= 11 is 0. The van der Waals surface area contributed by atoms with E-state index in [9.17, 15) is 15.0 Å². The molecule has 0 aliphatic rings. The van der Waals surface area contributed by atoms with Crippen molar-refractivity contribution >= 4 is 5.69 Å². The second kappa shape index (κ2) is 8.34. The topological polar surface area (TPSA) is 102 Å². The van der Waals surface area contributed by atoms with Gasteiger partial charge in [-0.1, -0.05) is 13.0 Å². The van der Waals surface area contributed by atoms with Crippen LogP contribution in [0.3, 0.4) is 0 Å². The molecule has 0 radical (unpaired) electrons. The number of aromatic nitrogens is 2. The van der Waals surface area contributed by atoms with Gasteiger partial charge < -0.3 is 19.8 Å². The van der Waals surface area contributed by atoms with E-state index in [0.717, 1.165) is 24.5 Å². The molecule has 0 unspecified atom stereocenters. The molecule has 2 aromatic carbocycles. The van der Waals surface area contributed by atoms with Gasteiger partial charge in [0.15, 0.2) is 0 Å². The highest BCUT2D eigenvalue weighted by atomic mass is 16.5. The molecular formula is C22H27N3O4. The minimum Gasteiger partial charge on any atom is -0.508 e. The van der Waals surface area contributed by atoms with E-state index in [2.05, 4.69) is 28.9 Å². The highest BCUT2D eigenvalue weighted by Crippen LogP contribution is 2.39. The molecule has 0 saturated heterocycles. The van der Waals surface area contributed by atoms with Gasteiger partial charge in [0.25, 0.3) is 5.56 Å². The van der Waals surface area contributed by atoms with Crippen molar-refractivity contribution in [2.24, 2.45) is 0 Å². The molecule has 1 aromatic heterocycles. The normalized spacial score (nSPS) is 10.9. The van der Waals surface area contributed by atoms with Crippen molar-refractivity contribution in [2.45, 2.75) is 27.2 Å². The van der Waals surface area contributed by atoms with Crippen LogP contribution < -0.4 is 15.2 Å². The summed E-state index contributed by atoms with van der Waals surface area (Å²) in [4.78, 5) is 14.8. The maximum absolute atomic E-state index is 12.7. The van der Waals surface area contributed by atoms with E-state index >= 15 is 0 Å². The summed E-state index contributed by atoms with van der Waals surface area (Å²) in [7, 11) is 1.62. The second-order valence-corrected chi connectivity index (χ2v) is 6.74. The Labute approximate surface area is 169 Å². The van der Waals surface area contributed by atoms with Gasteiger partial charge in [-0.3, -0.25) is 15.0 Å². The lowest BCUT2D eigenvalue weighted by Gasteiger charge is -2.24. The van der Waals surface area contributed by atoms with Gasteiger partial charge in [-0.15, -0.1) is 0 Å². The maximum atomic E-state index is 12.7. The Morgan fingerprint density at radius 3 is 2.34 bits per heavy atom. The molecule has 29 heavy (non-hydrogen) atoms. The zero-order valence-electron chi connectivity index (χ0n) is 17.2. The summed E-state index contributed by atoms with van der Waals surface area (Å²) in [6, 6.07) is 8.59. The number of nitrogens with zero attached hydrogens (tertiary/aromatic N) is 1. The third kappa shape index (κ3) is 3.68. The minimum absolute atomic E-state index is 0.0291. The van der Waals surface area contributed by atoms with Gasteiger partial charge in [-0.2, -0.15) is 0 Å². The van der Waals surface area contributed by atoms with Crippen molar-refractivity contribution in [3.8, 4) is 39.6 Å². The standard InChI is InChI=1S/C22H27N3O4/c1-5-13-10-15(18(27)12-17(13)26)21-20(22(28)24-23-21)14-8-9-19(29-4)16(11-14)25(6-2)7-3/h8-12,26-27H,5-7H2,1-4H3,(H2,23,24,28). The lowest BCUT2D eigenvalue weighted by atomic mass is 9.97. The summed E-state index contributed by atoms with van der Waals surface area (Å²) < 4.78 is 5.51. The van der Waals surface area contributed by atoms with Gasteiger partial charge in [0.1, 0.15) is 17.2 Å². The first-order valence-electron chi connectivity index (χ1n) is 9.74. The van der Waals surface area contributed by atoms with E-state index in [1.807, 2.05) is 25.1 Å². The SMILES string of the molecule is CCc1cc(-c2[nH][nH]c(=O)c2-c2ccc(OC)c(N(CC)CC)c2)c(O)cc1O. The summed E-state index contributed by atoms with van der Waals surface area (Å²) in [5.74, 6) is 0.654. The van der Waals surface area contributed by atoms with Gasteiger partial charge >= 0.3 is 0 Å². The number of ether oxygens (including phenoxy) is 1. The third-order valence-corrected chi connectivity index (χ3v) is 5.20. The van der Waals surface area contributed by atoms with E-state index in [4.69, 9.17) is 4.74 Å². The number of aromatic hydroxyl groups is 2. The van der Waals surface area contributed by atoms with Crippen LogP contribution in [0.25, 0.3) is 22.4 Å². The Morgan fingerprint density at radius 1 is 1.00 bits per heavy atom. The van der Waals surface area contributed by atoms with Crippen molar-refractivity contribution in [1.82, 2.24) is 10.2 Å². The number of anilines is 1. The molecule has 0 amide bonds. The predicted octanol–water partition coefficient (Wildman–Crippen LogP) is 3.87. The van der Waals surface area contributed by atoms with Gasteiger partial charge in [-0.05, 0) is 49.6 Å². The summed E-state index contributed by atoms with van der Waals surface area (Å²) in [6.45, 7) is 7.63. The Kier molecular flexibility index (Phi) is 5.87. The van der Waals surface area contributed by atoms with Crippen LogP contribution >= 0.6 is 0 Å². The number of nitrogens with one attached hydrogen (secondary N) is 2. The number of methoxy groups -OCH3 is 1. The molecule has 0 fully saturated rings. The van der Waals surface area contributed by atoms with Crippen molar-refractivity contribution in [3.63, 3.8) is 0 Å². The van der Waals surface area contributed by atoms with Crippen LogP contribution in [0.1, 0.15) is 26.3 Å². The number of H-pyrrole nitrogens is 2. The van der Waals surface area contributed by atoms with E-state index in [1.54, 1.807) is 13.2 Å². The van der Waals surface area contributed by atoms with Crippen LogP contribution in [-0.2, 0) is 6.42 Å². The predicted molar refractivity (Wildman–Crippen MR) is 115 cm³/mol. The lowest BCUT2D eigenvalue weighted by Crippen LogP contribution is -2.22. The van der Waals surface area contributed by atoms with Gasteiger partial charge in [0.2, 0.25) is 0 Å². The molecule has 0 atom stereocenters. The molecule has 0 aliphatic carbocycles. The molecule has 3 rings (SSSR count). The number of benzene rings is 2. The molecule has 0 saturated carbocycles. The quantitative estimate of drug-likeness (QED) is 0.485. The average Bonchev–Trinajstić information content (AvgIpc) is 3.10. The highest BCUT2D eigenvalue weighted by Gasteiger charge is 2.20. The number of phenols is 2. The first-order valence-corrected chi connectivity index (χ1v) is 9.74. The first kappa shape index (κ1) is 20.4. The van der Waals surface area contributed by atoms with Crippen LogP contribution in [0, 0.1) is 0 Å². The number of aryl methyl sites for hydroxylation is 1. The molecule has 3 aromatic rings. The van der Waals surface area contributed by atoms with Crippen LogP contribution in [0.15, 0.2) is 35.1 Å². The van der Waals surface area contributed by atoms with Gasteiger partial charge in [0, 0.05) is 24.7 Å². The Balaban J connectivity index is 2.22. The monoisotopic (exact) mass is 397 g/mol. The maximum Gasteiger partial charge on any atom is 0.272 e. The average molecular weight is 397 g/mol. The molecule has 0 aliphatic heterocycles. The summed E-state index contributed by atoms with van der Waals surface area (Å²) in [5.41, 5.74) is 3.34. The molecule has 0 bridgehead atoms. The lowest BCUT2D eigenvalue weighted by molar-refractivity contribution is 0.414. The fourth-order valence-corrected chi connectivity index (χ4v) is 3.60. The smallest absolute Gasteiger partial charge is 0.272 e.